The molecule has 1 amide bonds. The summed E-state index contributed by atoms with van der Waals surface area (Å²) in [4.78, 5) is 17.2. The highest BCUT2D eigenvalue weighted by Crippen LogP contribution is 2.32. The lowest BCUT2D eigenvalue weighted by Gasteiger charge is -2.25. The maximum absolute atomic E-state index is 13.6. The molecule has 3 aromatic carbocycles. The third-order valence-corrected chi connectivity index (χ3v) is 7.27. The molecule has 9 heteroatoms. The molecule has 1 aromatic heterocycles. The Morgan fingerprint density at radius 2 is 1.74 bits per heavy atom. The third-order valence-electron chi connectivity index (χ3n) is 5.50. The molecule has 0 fully saturated rings. The van der Waals surface area contributed by atoms with E-state index in [1.807, 2.05) is 42.0 Å². The van der Waals surface area contributed by atoms with Gasteiger partial charge in [0.25, 0.3) is 10.0 Å². The summed E-state index contributed by atoms with van der Waals surface area (Å²) in [6.45, 7) is 1.69. The van der Waals surface area contributed by atoms with E-state index in [4.69, 9.17) is 4.74 Å². The largest absolute Gasteiger partial charge is 0.495 e. The van der Waals surface area contributed by atoms with Gasteiger partial charge in [-0.1, -0.05) is 48.0 Å². The van der Waals surface area contributed by atoms with E-state index in [9.17, 15) is 13.2 Å². The Balaban J connectivity index is 1.61. The number of benzene rings is 3. The fourth-order valence-corrected chi connectivity index (χ4v) is 5.10. The number of rotatable bonds is 9. The molecule has 0 spiro atoms. The highest BCUT2D eigenvalue weighted by molar-refractivity contribution is 7.92. The molecule has 0 aliphatic heterocycles. The fraction of sp³-hybridized carbons (Fsp3) is 0.154. The first kappa shape index (κ1) is 24.0. The molecule has 0 aliphatic carbocycles. The van der Waals surface area contributed by atoms with Crippen molar-refractivity contribution in [3.63, 3.8) is 0 Å². The second-order valence-corrected chi connectivity index (χ2v) is 9.73. The molecule has 180 valence electrons. The number of para-hydroxylation sites is 3. The average molecular weight is 491 g/mol. The van der Waals surface area contributed by atoms with Gasteiger partial charge in [0.15, 0.2) is 0 Å². The summed E-state index contributed by atoms with van der Waals surface area (Å²) in [5.41, 5.74) is 2.95. The van der Waals surface area contributed by atoms with Crippen LogP contribution in [0.2, 0.25) is 0 Å². The molecule has 1 N–H and O–H groups in total. The van der Waals surface area contributed by atoms with Crippen LogP contribution in [0.4, 0.5) is 5.69 Å². The minimum Gasteiger partial charge on any atom is -0.495 e. The fourth-order valence-electron chi connectivity index (χ4n) is 3.67. The van der Waals surface area contributed by atoms with Gasteiger partial charge in [-0.05, 0) is 42.8 Å². The summed E-state index contributed by atoms with van der Waals surface area (Å²) in [5.74, 6) is -0.103. The van der Waals surface area contributed by atoms with Crippen LogP contribution in [0, 0.1) is 6.92 Å². The molecular weight excluding hydrogens is 464 g/mol. The van der Waals surface area contributed by atoms with Gasteiger partial charge < -0.3 is 14.6 Å². The van der Waals surface area contributed by atoms with Crippen molar-refractivity contribution in [3.05, 3.63) is 103 Å². The van der Waals surface area contributed by atoms with Crippen molar-refractivity contribution in [2.24, 2.45) is 0 Å². The van der Waals surface area contributed by atoms with E-state index in [1.54, 1.807) is 48.9 Å². The minimum absolute atomic E-state index is 0.0901. The van der Waals surface area contributed by atoms with Crippen LogP contribution < -0.4 is 14.4 Å². The van der Waals surface area contributed by atoms with Crippen molar-refractivity contribution in [2.45, 2.75) is 18.4 Å². The Morgan fingerprint density at radius 3 is 2.46 bits per heavy atom. The normalized spacial score (nSPS) is 11.1. The monoisotopic (exact) mass is 490 g/mol. The van der Waals surface area contributed by atoms with E-state index in [0.29, 0.717) is 5.75 Å². The van der Waals surface area contributed by atoms with Gasteiger partial charge in [-0.3, -0.25) is 9.10 Å². The molecule has 0 saturated carbocycles. The lowest BCUT2D eigenvalue weighted by Crippen LogP contribution is -2.41. The van der Waals surface area contributed by atoms with Crippen LogP contribution in [0.5, 0.6) is 5.75 Å². The van der Waals surface area contributed by atoms with Crippen LogP contribution in [0.1, 0.15) is 11.1 Å². The van der Waals surface area contributed by atoms with Crippen LogP contribution in [0.15, 0.2) is 96.4 Å². The molecule has 0 radical (unpaired) electrons. The Bertz CT molecular complexity index is 1400. The Morgan fingerprint density at radius 1 is 1.03 bits per heavy atom. The van der Waals surface area contributed by atoms with Crippen molar-refractivity contribution < 1.29 is 17.9 Å². The molecule has 0 aliphatic rings. The number of amides is 1. The molecule has 8 nitrogen and oxygen atoms in total. The third kappa shape index (κ3) is 5.36. The van der Waals surface area contributed by atoms with Crippen molar-refractivity contribution in [3.8, 4) is 11.4 Å². The number of carbonyl (C=O) groups excluding carboxylic acids is 1. The zero-order valence-electron chi connectivity index (χ0n) is 19.5. The lowest BCUT2D eigenvalue weighted by molar-refractivity contribution is -0.119. The first-order valence-electron chi connectivity index (χ1n) is 11.0. The van der Waals surface area contributed by atoms with Gasteiger partial charge in [-0.25, -0.2) is 13.4 Å². The highest BCUT2D eigenvalue weighted by Gasteiger charge is 2.29. The number of hydrogen-bond acceptors (Lipinski definition) is 5. The van der Waals surface area contributed by atoms with Crippen molar-refractivity contribution >= 4 is 21.6 Å². The zero-order valence-corrected chi connectivity index (χ0v) is 20.3. The summed E-state index contributed by atoms with van der Waals surface area (Å²) < 4.78 is 35.5. The SMILES string of the molecule is COc1ccccc1N(CC(=O)NCc1ccccc1-n1ccnc1)S(=O)(=O)c1ccc(C)cc1. The van der Waals surface area contributed by atoms with Crippen LogP contribution in [-0.4, -0.2) is 37.5 Å². The summed E-state index contributed by atoms with van der Waals surface area (Å²) in [6, 6.07) is 20.8. The van der Waals surface area contributed by atoms with Crippen molar-refractivity contribution in [1.82, 2.24) is 14.9 Å². The molecule has 0 atom stereocenters. The number of nitrogens with one attached hydrogen (secondary N) is 1. The minimum atomic E-state index is -4.04. The molecule has 0 saturated heterocycles. The topological polar surface area (TPSA) is 93.5 Å². The molecule has 0 bridgehead atoms. The summed E-state index contributed by atoms with van der Waals surface area (Å²) in [6.07, 6.45) is 5.17. The summed E-state index contributed by atoms with van der Waals surface area (Å²) in [7, 11) is -2.58. The second-order valence-electron chi connectivity index (χ2n) is 7.87. The van der Waals surface area contributed by atoms with Crippen LogP contribution in [0.25, 0.3) is 5.69 Å². The van der Waals surface area contributed by atoms with E-state index in [2.05, 4.69) is 10.3 Å². The molecule has 0 unspecified atom stereocenters. The predicted molar refractivity (Wildman–Crippen MR) is 134 cm³/mol. The maximum atomic E-state index is 13.6. The number of carbonyl (C=O) groups is 1. The van der Waals surface area contributed by atoms with Crippen LogP contribution in [0.3, 0.4) is 0 Å². The van der Waals surface area contributed by atoms with Gasteiger partial charge in [0.1, 0.15) is 12.3 Å². The smallest absolute Gasteiger partial charge is 0.264 e. The number of ether oxygens (including phenoxy) is 1. The van der Waals surface area contributed by atoms with Gasteiger partial charge >= 0.3 is 0 Å². The van der Waals surface area contributed by atoms with E-state index >= 15 is 0 Å². The summed E-state index contributed by atoms with van der Waals surface area (Å²) in [5, 5.41) is 2.85. The standard InChI is InChI=1S/C26H26N4O4S/c1-20-11-13-22(14-12-20)35(32,33)30(24-9-5-6-10-25(24)34-2)18-26(31)28-17-21-7-3-4-8-23(21)29-16-15-27-19-29/h3-16,19H,17-18H2,1-2H3,(H,28,31). The number of aryl methyl sites for hydroxylation is 1. The maximum Gasteiger partial charge on any atom is 0.264 e. The average Bonchev–Trinajstić information content (AvgIpc) is 3.41. The van der Waals surface area contributed by atoms with Crippen LogP contribution >= 0.6 is 0 Å². The van der Waals surface area contributed by atoms with E-state index in [-0.39, 0.29) is 17.1 Å². The molecule has 35 heavy (non-hydrogen) atoms. The van der Waals surface area contributed by atoms with Gasteiger partial charge in [0.05, 0.1) is 29.7 Å². The van der Waals surface area contributed by atoms with E-state index in [0.717, 1.165) is 21.1 Å². The van der Waals surface area contributed by atoms with Gasteiger partial charge in [0, 0.05) is 18.9 Å². The van der Waals surface area contributed by atoms with E-state index < -0.39 is 22.5 Å². The first-order chi connectivity index (χ1) is 16.9. The number of imidazole rings is 1. The number of methoxy groups -OCH3 is 1. The number of aromatic nitrogens is 2. The Hall–Kier alpha value is -4.11. The number of sulfonamides is 1. The lowest BCUT2D eigenvalue weighted by atomic mass is 10.1. The van der Waals surface area contributed by atoms with Gasteiger partial charge in [0.2, 0.25) is 5.91 Å². The predicted octanol–water partition coefficient (Wildman–Crippen LogP) is 3.70. The quantitative estimate of drug-likeness (QED) is 0.386. The zero-order chi connectivity index (χ0) is 24.8. The molecule has 4 rings (SSSR count). The van der Waals surface area contributed by atoms with Crippen LogP contribution in [-0.2, 0) is 21.4 Å². The first-order valence-corrected chi connectivity index (χ1v) is 12.4. The number of hydrogen-bond donors (Lipinski definition) is 1. The second kappa shape index (κ2) is 10.4. The number of anilines is 1. The van der Waals surface area contributed by atoms with Gasteiger partial charge in [-0.15, -0.1) is 0 Å². The Labute approximate surface area is 204 Å². The van der Waals surface area contributed by atoms with Crippen molar-refractivity contribution in [1.29, 1.82) is 0 Å². The van der Waals surface area contributed by atoms with Crippen molar-refractivity contribution in [2.75, 3.05) is 18.0 Å². The van der Waals surface area contributed by atoms with Gasteiger partial charge in [-0.2, -0.15) is 0 Å². The molecule has 4 aromatic rings. The van der Waals surface area contributed by atoms with E-state index in [1.165, 1.54) is 19.2 Å². The Kier molecular flexibility index (Phi) is 7.17. The summed E-state index contributed by atoms with van der Waals surface area (Å²) >= 11 is 0. The molecule has 1 heterocycles. The number of nitrogens with zero attached hydrogens (tertiary/aromatic N) is 3. The highest BCUT2D eigenvalue weighted by atomic mass is 32.2. The molecular formula is C26H26N4O4S.